The van der Waals surface area contributed by atoms with Gasteiger partial charge in [-0.1, -0.05) is 6.07 Å². The first-order valence-electron chi connectivity index (χ1n) is 7.04. The third-order valence-electron chi connectivity index (χ3n) is 3.54. The zero-order valence-electron chi connectivity index (χ0n) is 11.8. The summed E-state index contributed by atoms with van der Waals surface area (Å²) in [6.07, 6.45) is 3.73. The zero-order chi connectivity index (χ0) is 14.8. The quantitative estimate of drug-likeness (QED) is 0.591. The smallest absolute Gasteiger partial charge is 0.140 e. The van der Waals surface area contributed by atoms with Gasteiger partial charge in [0, 0.05) is 17.8 Å². The van der Waals surface area contributed by atoms with Gasteiger partial charge in [-0.3, -0.25) is 4.98 Å². The molecule has 0 saturated carbocycles. The maximum atomic E-state index is 4.63. The van der Waals surface area contributed by atoms with Gasteiger partial charge >= 0.3 is 0 Å². The van der Waals surface area contributed by atoms with E-state index in [4.69, 9.17) is 0 Å². The molecule has 22 heavy (non-hydrogen) atoms. The topological polar surface area (TPSA) is 53.6 Å². The lowest BCUT2D eigenvalue weighted by atomic mass is 10.1. The van der Waals surface area contributed by atoms with Crippen LogP contribution in [0.5, 0.6) is 0 Å². The molecule has 2 N–H and O–H groups in total. The summed E-state index contributed by atoms with van der Waals surface area (Å²) in [6, 6.07) is 12.2. The van der Waals surface area contributed by atoms with Crippen molar-refractivity contribution in [2.75, 3.05) is 5.32 Å². The monoisotopic (exact) mass is 306 g/mol. The largest absolute Gasteiger partial charge is 0.364 e. The van der Waals surface area contributed by atoms with Crippen LogP contribution in [0.1, 0.15) is 5.69 Å². The molecule has 4 nitrogen and oxygen atoms in total. The molecule has 4 aromatic heterocycles. The number of nitrogens with zero attached hydrogens (tertiary/aromatic N) is 2. The molecule has 4 aromatic rings. The minimum absolute atomic E-state index is 0.656. The van der Waals surface area contributed by atoms with Crippen molar-refractivity contribution in [2.45, 2.75) is 6.54 Å². The van der Waals surface area contributed by atoms with Gasteiger partial charge in [-0.25, -0.2) is 4.98 Å². The molecule has 0 fully saturated rings. The molecule has 108 valence electrons. The first kappa shape index (κ1) is 13.0. The lowest BCUT2D eigenvalue weighted by Gasteiger charge is -2.08. The molecule has 0 atom stereocenters. The fourth-order valence-corrected chi connectivity index (χ4v) is 3.12. The summed E-state index contributed by atoms with van der Waals surface area (Å²) < 4.78 is 0. The molecular formula is C17H14N4S. The van der Waals surface area contributed by atoms with Gasteiger partial charge in [0.25, 0.3) is 0 Å². The van der Waals surface area contributed by atoms with E-state index >= 15 is 0 Å². The van der Waals surface area contributed by atoms with Crippen molar-refractivity contribution in [3.63, 3.8) is 0 Å². The van der Waals surface area contributed by atoms with Crippen LogP contribution in [0.2, 0.25) is 0 Å². The average Bonchev–Trinajstić information content (AvgIpc) is 3.24. The number of fused-ring (bicyclic) bond motifs is 1. The van der Waals surface area contributed by atoms with Crippen LogP contribution in [0.3, 0.4) is 0 Å². The Bertz CT molecular complexity index is 882. The van der Waals surface area contributed by atoms with Gasteiger partial charge in [-0.2, -0.15) is 11.3 Å². The molecule has 0 amide bonds. The number of H-pyrrole nitrogens is 1. The van der Waals surface area contributed by atoms with Gasteiger partial charge in [0.05, 0.1) is 12.2 Å². The zero-order valence-corrected chi connectivity index (χ0v) is 12.6. The Balaban J connectivity index is 1.69. The van der Waals surface area contributed by atoms with E-state index in [1.807, 2.05) is 24.4 Å². The summed E-state index contributed by atoms with van der Waals surface area (Å²) in [5, 5.41) is 8.75. The van der Waals surface area contributed by atoms with Gasteiger partial charge in [-0.05, 0) is 52.2 Å². The molecule has 0 unspecified atom stereocenters. The van der Waals surface area contributed by atoms with Gasteiger partial charge in [-0.15, -0.1) is 0 Å². The van der Waals surface area contributed by atoms with Crippen LogP contribution < -0.4 is 5.32 Å². The maximum absolute atomic E-state index is 4.63. The molecular weight excluding hydrogens is 292 g/mol. The van der Waals surface area contributed by atoms with E-state index in [1.54, 1.807) is 17.5 Å². The number of rotatable bonds is 4. The summed E-state index contributed by atoms with van der Waals surface area (Å²) >= 11 is 1.70. The average molecular weight is 306 g/mol. The molecule has 4 heterocycles. The molecule has 0 spiro atoms. The maximum Gasteiger partial charge on any atom is 0.140 e. The molecule has 0 aliphatic carbocycles. The molecule has 5 heteroatoms. The van der Waals surface area contributed by atoms with E-state index in [2.05, 4.69) is 49.2 Å². The minimum atomic E-state index is 0.656. The van der Waals surface area contributed by atoms with Crippen LogP contribution in [0, 0.1) is 0 Å². The predicted octanol–water partition coefficient (Wildman–Crippen LogP) is 4.30. The summed E-state index contributed by atoms with van der Waals surface area (Å²) in [6.45, 7) is 0.656. The van der Waals surface area contributed by atoms with Crippen molar-refractivity contribution in [3.8, 4) is 11.1 Å². The number of hydrogen-bond donors (Lipinski definition) is 2. The van der Waals surface area contributed by atoms with E-state index in [-0.39, 0.29) is 0 Å². The van der Waals surface area contributed by atoms with Crippen molar-refractivity contribution in [3.05, 3.63) is 65.2 Å². The van der Waals surface area contributed by atoms with Crippen molar-refractivity contribution in [1.82, 2.24) is 15.0 Å². The molecule has 4 rings (SSSR count). The molecule has 0 aliphatic heterocycles. The van der Waals surface area contributed by atoms with Crippen LogP contribution >= 0.6 is 11.3 Å². The van der Waals surface area contributed by atoms with Crippen LogP contribution in [0.25, 0.3) is 22.2 Å². The standard InChI is InChI=1S/C17H14N4S/c1-2-6-18-13(3-1)10-20-16-9-15(12-5-8-22-11-12)14-4-7-19-17(14)21-16/h1-9,11H,10H2,(H2,19,20,21). The van der Waals surface area contributed by atoms with Gasteiger partial charge < -0.3 is 10.3 Å². The van der Waals surface area contributed by atoms with E-state index in [0.29, 0.717) is 6.54 Å². The third-order valence-corrected chi connectivity index (χ3v) is 4.22. The van der Waals surface area contributed by atoms with Crippen molar-refractivity contribution >= 4 is 28.2 Å². The highest BCUT2D eigenvalue weighted by Gasteiger charge is 2.09. The molecule has 0 aromatic carbocycles. The van der Waals surface area contributed by atoms with E-state index < -0.39 is 0 Å². The normalized spacial score (nSPS) is 10.9. The second-order valence-electron chi connectivity index (χ2n) is 4.98. The Labute approximate surface area is 131 Å². The summed E-state index contributed by atoms with van der Waals surface area (Å²) in [7, 11) is 0. The second-order valence-corrected chi connectivity index (χ2v) is 5.76. The van der Waals surface area contributed by atoms with Gasteiger partial charge in [0.1, 0.15) is 11.5 Å². The van der Waals surface area contributed by atoms with Crippen LogP contribution in [-0.4, -0.2) is 15.0 Å². The summed E-state index contributed by atoms with van der Waals surface area (Å²) in [5.74, 6) is 0.849. The molecule has 0 radical (unpaired) electrons. The summed E-state index contributed by atoms with van der Waals surface area (Å²) in [5.41, 5.74) is 4.30. The number of hydrogen-bond acceptors (Lipinski definition) is 4. The number of pyridine rings is 2. The van der Waals surface area contributed by atoms with Crippen molar-refractivity contribution in [2.24, 2.45) is 0 Å². The fraction of sp³-hybridized carbons (Fsp3) is 0.0588. The molecule has 0 bridgehead atoms. The SMILES string of the molecule is c1ccc(CNc2cc(-c3ccsc3)c3cc[nH]c3n2)nc1. The Hall–Kier alpha value is -2.66. The number of aromatic amines is 1. The number of nitrogens with one attached hydrogen (secondary N) is 2. The second kappa shape index (κ2) is 5.61. The predicted molar refractivity (Wildman–Crippen MR) is 91.0 cm³/mol. The van der Waals surface area contributed by atoms with E-state index in [9.17, 15) is 0 Å². The highest BCUT2D eigenvalue weighted by atomic mass is 32.1. The number of anilines is 1. The third kappa shape index (κ3) is 2.46. The Morgan fingerprint density at radius 3 is 3.00 bits per heavy atom. The lowest BCUT2D eigenvalue weighted by molar-refractivity contribution is 1.03. The molecule has 0 aliphatic rings. The Morgan fingerprint density at radius 1 is 1.18 bits per heavy atom. The fourth-order valence-electron chi connectivity index (χ4n) is 2.47. The van der Waals surface area contributed by atoms with E-state index in [0.717, 1.165) is 22.5 Å². The number of aromatic nitrogens is 3. The van der Waals surface area contributed by atoms with Crippen LogP contribution in [-0.2, 0) is 6.54 Å². The van der Waals surface area contributed by atoms with E-state index in [1.165, 1.54) is 11.1 Å². The van der Waals surface area contributed by atoms with Gasteiger partial charge in [0.2, 0.25) is 0 Å². The Morgan fingerprint density at radius 2 is 2.18 bits per heavy atom. The molecule has 0 saturated heterocycles. The minimum Gasteiger partial charge on any atom is -0.364 e. The highest BCUT2D eigenvalue weighted by molar-refractivity contribution is 7.08. The summed E-state index contributed by atoms with van der Waals surface area (Å²) in [4.78, 5) is 12.1. The first-order chi connectivity index (χ1) is 10.9. The van der Waals surface area contributed by atoms with Gasteiger partial charge in [0.15, 0.2) is 0 Å². The first-order valence-corrected chi connectivity index (χ1v) is 7.99. The Kier molecular flexibility index (Phi) is 3.33. The number of thiophene rings is 1. The van der Waals surface area contributed by atoms with Crippen molar-refractivity contribution < 1.29 is 0 Å². The van der Waals surface area contributed by atoms with Crippen LogP contribution in [0.4, 0.5) is 5.82 Å². The highest BCUT2D eigenvalue weighted by Crippen LogP contribution is 2.31. The van der Waals surface area contributed by atoms with Crippen LogP contribution in [0.15, 0.2) is 59.6 Å². The lowest BCUT2D eigenvalue weighted by Crippen LogP contribution is -2.03. The van der Waals surface area contributed by atoms with Crippen molar-refractivity contribution in [1.29, 1.82) is 0 Å².